The molecule has 5 heterocycles. The summed E-state index contributed by atoms with van der Waals surface area (Å²) < 4.78 is 19.9. The van der Waals surface area contributed by atoms with Crippen LogP contribution in [0.25, 0.3) is 0 Å². The summed E-state index contributed by atoms with van der Waals surface area (Å²) in [5.41, 5.74) is 0. The van der Waals surface area contributed by atoms with Crippen molar-refractivity contribution in [1.82, 2.24) is 10.6 Å². The van der Waals surface area contributed by atoms with E-state index in [1.165, 1.54) is 66.9 Å². The highest BCUT2D eigenvalue weighted by atomic mass is 32.2. The molecule has 5 fully saturated rings. The van der Waals surface area contributed by atoms with E-state index in [2.05, 4.69) is 34.2 Å². The molecule has 30 heavy (non-hydrogen) atoms. The third-order valence-electron chi connectivity index (χ3n) is 4.29. The summed E-state index contributed by atoms with van der Waals surface area (Å²) >= 11 is 6.12. The van der Waals surface area contributed by atoms with Gasteiger partial charge in [0.15, 0.2) is 0 Å². The highest BCUT2D eigenvalue weighted by Crippen LogP contribution is 2.14. The number of piperidine rings is 1. The number of thioether (sulfide) groups is 3. The zero-order valence-corrected chi connectivity index (χ0v) is 21.2. The summed E-state index contributed by atoms with van der Waals surface area (Å²) in [5, 5.41) is 6.44. The number of nitrogens with one attached hydrogen (secondary N) is 2. The molecule has 5 rings (SSSR count). The Bertz CT molecular complexity index is 187. The van der Waals surface area contributed by atoms with Gasteiger partial charge in [0.25, 0.3) is 0 Å². The second-order valence-electron chi connectivity index (χ2n) is 6.85. The molecule has 0 unspecified atom stereocenters. The summed E-state index contributed by atoms with van der Waals surface area (Å²) in [4.78, 5) is 0. The molecule has 0 saturated carbocycles. The molecule has 5 aliphatic rings. The van der Waals surface area contributed by atoms with Crippen LogP contribution in [0.2, 0.25) is 0 Å². The zero-order valence-electron chi connectivity index (χ0n) is 18.7. The molecule has 0 radical (unpaired) electrons. The Kier molecular flexibility index (Phi) is 25.1. The van der Waals surface area contributed by atoms with Gasteiger partial charge in [-0.3, -0.25) is 0 Å². The van der Waals surface area contributed by atoms with Gasteiger partial charge in [0, 0.05) is 47.6 Å². The Hall–Kier alpha value is 0.810. The minimum absolute atomic E-state index is 0.778. The molecular formula is C21H44N2O4S3. The molecule has 5 saturated heterocycles. The zero-order chi connectivity index (χ0) is 21.2. The number of hydrogen-bond acceptors (Lipinski definition) is 9. The van der Waals surface area contributed by atoms with Crippen LogP contribution >= 0.6 is 35.3 Å². The number of morpholine rings is 1. The fraction of sp³-hybridized carbons (Fsp3) is 1.00. The molecule has 2 N–H and O–H groups in total. The van der Waals surface area contributed by atoms with E-state index < -0.39 is 0 Å². The molecule has 5 aliphatic heterocycles. The Labute approximate surface area is 197 Å². The first-order valence-electron chi connectivity index (χ1n) is 11.5. The largest absolute Gasteiger partial charge is 0.380 e. The fourth-order valence-electron chi connectivity index (χ4n) is 2.64. The first-order chi connectivity index (χ1) is 15.0. The van der Waals surface area contributed by atoms with Crippen LogP contribution in [-0.2, 0) is 18.9 Å². The third kappa shape index (κ3) is 23.5. The van der Waals surface area contributed by atoms with E-state index in [-0.39, 0.29) is 0 Å². The van der Waals surface area contributed by atoms with Gasteiger partial charge in [0.05, 0.1) is 52.9 Å². The lowest BCUT2D eigenvalue weighted by Gasteiger charge is -2.10. The lowest BCUT2D eigenvalue weighted by atomic mass is 10.2. The van der Waals surface area contributed by atoms with Crippen molar-refractivity contribution in [2.75, 3.05) is 114 Å². The summed E-state index contributed by atoms with van der Waals surface area (Å²) in [6.45, 7) is 11.4. The molecule has 6 nitrogen and oxygen atoms in total. The molecule has 0 amide bonds. The molecular weight excluding hydrogens is 440 g/mol. The molecule has 9 heteroatoms. The predicted octanol–water partition coefficient (Wildman–Crippen LogP) is 2.62. The van der Waals surface area contributed by atoms with Gasteiger partial charge < -0.3 is 29.6 Å². The van der Waals surface area contributed by atoms with Crippen molar-refractivity contribution in [1.29, 1.82) is 0 Å². The number of hydrogen-bond donors (Lipinski definition) is 2. The van der Waals surface area contributed by atoms with Crippen LogP contribution in [0, 0.1) is 0 Å². The van der Waals surface area contributed by atoms with E-state index in [1.807, 2.05) is 11.8 Å². The third-order valence-corrected chi connectivity index (χ3v) is 7.68. The lowest BCUT2D eigenvalue weighted by molar-refractivity contribution is -0.0334. The van der Waals surface area contributed by atoms with Gasteiger partial charge in [-0.25, -0.2) is 0 Å². The monoisotopic (exact) mass is 484 g/mol. The van der Waals surface area contributed by atoms with E-state index in [4.69, 9.17) is 18.9 Å². The van der Waals surface area contributed by atoms with E-state index >= 15 is 0 Å². The van der Waals surface area contributed by atoms with Crippen molar-refractivity contribution in [3.8, 4) is 0 Å². The normalized spacial score (nSPS) is 24.0. The molecule has 0 bridgehead atoms. The summed E-state index contributed by atoms with van der Waals surface area (Å²) in [6, 6.07) is 0. The van der Waals surface area contributed by atoms with Gasteiger partial charge in [-0.1, -0.05) is 6.42 Å². The van der Waals surface area contributed by atoms with E-state index in [9.17, 15) is 0 Å². The van der Waals surface area contributed by atoms with Gasteiger partial charge in [-0.15, -0.1) is 0 Å². The van der Waals surface area contributed by atoms with Crippen molar-refractivity contribution in [3.63, 3.8) is 0 Å². The van der Waals surface area contributed by atoms with Crippen LogP contribution in [0.5, 0.6) is 0 Å². The maximum Gasteiger partial charge on any atom is 0.0701 e. The van der Waals surface area contributed by atoms with Crippen LogP contribution in [0.3, 0.4) is 0 Å². The first kappa shape index (κ1) is 28.8. The van der Waals surface area contributed by atoms with Crippen LogP contribution in [0.4, 0.5) is 0 Å². The summed E-state index contributed by atoms with van der Waals surface area (Å²) in [7, 11) is 0. The number of rotatable bonds is 0. The molecule has 0 aromatic rings. The smallest absolute Gasteiger partial charge is 0.0701 e. The number of ether oxygens (including phenoxy) is 4. The Morgan fingerprint density at radius 2 is 0.767 bits per heavy atom. The van der Waals surface area contributed by atoms with Crippen LogP contribution in [0.15, 0.2) is 0 Å². The van der Waals surface area contributed by atoms with E-state index in [0.717, 1.165) is 65.9 Å². The van der Waals surface area contributed by atoms with Crippen LogP contribution < -0.4 is 10.6 Å². The SMILES string of the molecule is C1CCNCC1.C1COCCN1.C1COCCO1.C1CSCCO1.C1CSCCS1. The summed E-state index contributed by atoms with van der Waals surface area (Å²) in [6.07, 6.45) is 4.22. The van der Waals surface area contributed by atoms with E-state index in [0.29, 0.717) is 0 Å². The minimum Gasteiger partial charge on any atom is -0.380 e. The van der Waals surface area contributed by atoms with Crippen molar-refractivity contribution >= 4 is 35.3 Å². The lowest BCUT2D eigenvalue weighted by Crippen LogP contribution is -2.30. The average Bonchev–Trinajstić information content (AvgIpc) is 2.91. The molecule has 0 aromatic carbocycles. The van der Waals surface area contributed by atoms with Gasteiger partial charge in [-0.05, 0) is 25.9 Å². The van der Waals surface area contributed by atoms with Crippen molar-refractivity contribution in [3.05, 3.63) is 0 Å². The predicted molar refractivity (Wildman–Crippen MR) is 135 cm³/mol. The second-order valence-corrected chi connectivity index (χ2v) is 10.5. The fourth-order valence-corrected chi connectivity index (χ4v) is 5.61. The molecule has 0 aromatic heterocycles. The highest BCUT2D eigenvalue weighted by molar-refractivity contribution is 8.06. The maximum atomic E-state index is 5.05. The standard InChI is InChI=1S/C5H11N.C4H9NO.C4H8O2.C4H8OS.C4H8S2/c1-2-4-6-5-3-1;1-3-6-4-2-5-1;1-2-6-4-3-5-1;1-3-6-4-2-5-1;1-2-6-4-3-5-1/h6H,1-5H2;5H,1-4H2;3*1-4H2. The highest BCUT2D eigenvalue weighted by Gasteiger charge is 1.97. The molecule has 0 aliphatic carbocycles. The average molecular weight is 485 g/mol. The Morgan fingerprint density at radius 1 is 0.367 bits per heavy atom. The van der Waals surface area contributed by atoms with Crippen molar-refractivity contribution in [2.45, 2.75) is 19.3 Å². The van der Waals surface area contributed by atoms with Crippen LogP contribution in [0.1, 0.15) is 19.3 Å². The van der Waals surface area contributed by atoms with Crippen molar-refractivity contribution in [2.24, 2.45) is 0 Å². The van der Waals surface area contributed by atoms with Crippen LogP contribution in [-0.4, -0.2) is 114 Å². The Morgan fingerprint density at radius 3 is 0.933 bits per heavy atom. The molecule has 0 atom stereocenters. The van der Waals surface area contributed by atoms with Gasteiger partial charge in [0.1, 0.15) is 0 Å². The minimum atomic E-state index is 0.778. The van der Waals surface area contributed by atoms with Gasteiger partial charge >= 0.3 is 0 Å². The van der Waals surface area contributed by atoms with Gasteiger partial charge in [0.2, 0.25) is 0 Å². The van der Waals surface area contributed by atoms with E-state index in [1.54, 1.807) is 0 Å². The summed E-state index contributed by atoms with van der Waals surface area (Å²) in [5.74, 6) is 7.91. The molecule has 180 valence electrons. The Balaban J connectivity index is 0.000000187. The quantitative estimate of drug-likeness (QED) is 0.540. The van der Waals surface area contributed by atoms with Gasteiger partial charge in [-0.2, -0.15) is 35.3 Å². The first-order valence-corrected chi connectivity index (χ1v) is 14.9. The van der Waals surface area contributed by atoms with Crippen molar-refractivity contribution < 1.29 is 18.9 Å². The topological polar surface area (TPSA) is 61.0 Å². The second kappa shape index (κ2) is 26.1. The maximum absolute atomic E-state index is 5.05. The molecule has 0 spiro atoms.